The van der Waals surface area contributed by atoms with E-state index in [9.17, 15) is 8.42 Å². The lowest BCUT2D eigenvalue weighted by atomic mass is 10.1. The Bertz CT molecular complexity index is 513. The van der Waals surface area contributed by atoms with Crippen LogP contribution in [0.1, 0.15) is 17.2 Å². The zero-order valence-electron chi connectivity index (χ0n) is 10.7. The number of sulfone groups is 1. The van der Waals surface area contributed by atoms with E-state index in [4.69, 9.17) is 0 Å². The predicted octanol–water partition coefficient (Wildman–Crippen LogP) is 1.65. The van der Waals surface area contributed by atoms with E-state index in [0.29, 0.717) is 17.0 Å². The van der Waals surface area contributed by atoms with Gasteiger partial charge in [0.2, 0.25) is 0 Å². The summed E-state index contributed by atoms with van der Waals surface area (Å²) < 4.78 is 22.3. The number of hydrogen-bond acceptors (Lipinski definition) is 4. The van der Waals surface area contributed by atoms with Crippen LogP contribution in [0.4, 0.5) is 0 Å². The lowest BCUT2D eigenvalue weighted by Gasteiger charge is -2.19. The first-order chi connectivity index (χ1) is 8.51. The van der Waals surface area contributed by atoms with Crippen LogP contribution in [0.15, 0.2) is 24.3 Å². The fraction of sp³-hybridized carbons (Fsp3) is 0.538. The van der Waals surface area contributed by atoms with Crippen LogP contribution in [-0.4, -0.2) is 38.5 Å². The molecule has 3 nitrogen and oxygen atoms in total. The Kier molecular flexibility index (Phi) is 4.35. The van der Waals surface area contributed by atoms with Crippen molar-refractivity contribution < 1.29 is 8.42 Å². The first kappa shape index (κ1) is 13.9. The first-order valence-corrected chi connectivity index (χ1v) is 9.16. The molecule has 100 valence electrons. The molecule has 0 heterocycles. The van der Waals surface area contributed by atoms with Gasteiger partial charge in [-0.25, -0.2) is 8.42 Å². The Hall–Kier alpha value is -0.520. The largest absolute Gasteiger partial charge is 0.312 e. The zero-order chi connectivity index (χ0) is 13.2. The lowest BCUT2D eigenvalue weighted by molar-refractivity contribution is 0.600. The van der Waals surface area contributed by atoms with Gasteiger partial charge in [-0.15, -0.1) is 0 Å². The minimum atomic E-state index is -2.85. The molecule has 5 heteroatoms. The Labute approximate surface area is 113 Å². The summed E-state index contributed by atoms with van der Waals surface area (Å²) in [5.74, 6) is 0.941. The maximum atomic E-state index is 11.1. The molecule has 1 aromatic rings. The van der Waals surface area contributed by atoms with Gasteiger partial charge < -0.3 is 5.32 Å². The van der Waals surface area contributed by atoms with E-state index in [1.165, 1.54) is 17.4 Å². The van der Waals surface area contributed by atoms with Gasteiger partial charge in [-0.1, -0.05) is 24.3 Å². The zero-order valence-corrected chi connectivity index (χ0v) is 12.4. The van der Waals surface area contributed by atoms with Crippen molar-refractivity contribution in [3.05, 3.63) is 35.4 Å². The Morgan fingerprint density at radius 3 is 2.78 bits per heavy atom. The Morgan fingerprint density at radius 1 is 1.39 bits per heavy atom. The van der Waals surface area contributed by atoms with E-state index in [-0.39, 0.29) is 5.75 Å². The van der Waals surface area contributed by atoms with Crippen LogP contribution in [-0.2, 0) is 16.3 Å². The highest BCUT2D eigenvalue weighted by atomic mass is 32.2. The molecular weight excluding hydrogens is 266 g/mol. The van der Waals surface area contributed by atoms with Crippen molar-refractivity contribution in [3.8, 4) is 0 Å². The van der Waals surface area contributed by atoms with E-state index in [1.54, 1.807) is 11.8 Å². The van der Waals surface area contributed by atoms with Crippen LogP contribution in [0, 0.1) is 0 Å². The molecular formula is C13H19NO2S2. The second-order valence-electron chi connectivity index (χ2n) is 4.71. The summed E-state index contributed by atoms with van der Waals surface area (Å²) in [6.45, 7) is 0. The van der Waals surface area contributed by atoms with Crippen molar-refractivity contribution in [2.45, 2.75) is 17.7 Å². The molecule has 0 bridgehead atoms. The highest BCUT2D eigenvalue weighted by Gasteiger charge is 2.31. The standard InChI is InChI=1S/C13H19NO2S2/c1-14-13-11-6-4-3-5-10(11)9-12(13)17-7-8-18(2,15)16/h3-6,12-14H,7-9H2,1-2H3. The smallest absolute Gasteiger partial charge is 0.148 e. The number of fused-ring (bicyclic) bond motifs is 1. The van der Waals surface area contributed by atoms with Gasteiger partial charge in [0.15, 0.2) is 0 Å². The van der Waals surface area contributed by atoms with Crippen molar-refractivity contribution in [3.63, 3.8) is 0 Å². The third-order valence-electron chi connectivity index (χ3n) is 3.28. The van der Waals surface area contributed by atoms with Crippen LogP contribution >= 0.6 is 11.8 Å². The number of benzene rings is 1. The SMILES string of the molecule is CNC1c2ccccc2CC1SCCS(C)(=O)=O. The molecule has 2 rings (SSSR count). The average molecular weight is 285 g/mol. The maximum absolute atomic E-state index is 11.1. The van der Waals surface area contributed by atoms with Crippen molar-refractivity contribution in [1.29, 1.82) is 0 Å². The van der Waals surface area contributed by atoms with E-state index < -0.39 is 9.84 Å². The number of rotatable bonds is 5. The molecule has 2 unspecified atom stereocenters. The summed E-state index contributed by atoms with van der Waals surface area (Å²) in [5.41, 5.74) is 2.74. The van der Waals surface area contributed by atoms with Gasteiger partial charge in [0.1, 0.15) is 9.84 Å². The molecule has 18 heavy (non-hydrogen) atoms. The molecule has 0 radical (unpaired) electrons. The normalized spacial score (nSPS) is 23.0. The quantitative estimate of drug-likeness (QED) is 0.893. The first-order valence-electron chi connectivity index (χ1n) is 6.05. The van der Waals surface area contributed by atoms with Crippen molar-refractivity contribution in [2.75, 3.05) is 24.8 Å². The van der Waals surface area contributed by atoms with Gasteiger partial charge in [0.05, 0.1) is 5.75 Å². The molecule has 0 spiro atoms. The Balaban J connectivity index is 2.00. The average Bonchev–Trinajstić information content (AvgIpc) is 2.64. The molecule has 0 aliphatic heterocycles. The third-order valence-corrected chi connectivity index (χ3v) is 5.79. The summed E-state index contributed by atoms with van der Waals surface area (Å²) in [7, 11) is -0.880. The predicted molar refractivity (Wildman–Crippen MR) is 77.9 cm³/mol. The number of nitrogens with one attached hydrogen (secondary N) is 1. The molecule has 0 saturated heterocycles. The molecule has 1 N–H and O–H groups in total. The van der Waals surface area contributed by atoms with Crippen LogP contribution in [0.25, 0.3) is 0 Å². The molecule has 0 fully saturated rings. The minimum absolute atomic E-state index is 0.265. The summed E-state index contributed by atoms with van der Waals surface area (Å²) in [6, 6.07) is 8.79. The Morgan fingerprint density at radius 2 is 2.11 bits per heavy atom. The third kappa shape index (κ3) is 3.28. The van der Waals surface area contributed by atoms with Gasteiger partial charge >= 0.3 is 0 Å². The molecule has 1 aliphatic rings. The van der Waals surface area contributed by atoms with E-state index in [0.717, 1.165) is 6.42 Å². The minimum Gasteiger partial charge on any atom is -0.312 e. The highest BCUT2D eigenvalue weighted by molar-refractivity contribution is 8.01. The molecule has 2 atom stereocenters. The molecule has 0 saturated carbocycles. The summed E-state index contributed by atoms with van der Waals surface area (Å²) in [4.78, 5) is 0. The topological polar surface area (TPSA) is 46.2 Å². The van der Waals surface area contributed by atoms with Crippen LogP contribution < -0.4 is 5.32 Å². The fourth-order valence-electron chi connectivity index (χ4n) is 2.41. The van der Waals surface area contributed by atoms with Crippen molar-refractivity contribution in [1.82, 2.24) is 5.32 Å². The second-order valence-corrected chi connectivity index (χ2v) is 8.32. The maximum Gasteiger partial charge on any atom is 0.148 e. The van der Waals surface area contributed by atoms with E-state index >= 15 is 0 Å². The number of thioether (sulfide) groups is 1. The molecule has 0 amide bonds. The highest BCUT2D eigenvalue weighted by Crippen LogP contribution is 2.38. The van der Waals surface area contributed by atoms with Crippen LogP contribution in [0.3, 0.4) is 0 Å². The molecule has 1 aliphatic carbocycles. The lowest BCUT2D eigenvalue weighted by Crippen LogP contribution is -2.24. The van der Waals surface area contributed by atoms with Crippen LogP contribution in [0.2, 0.25) is 0 Å². The van der Waals surface area contributed by atoms with Crippen molar-refractivity contribution >= 4 is 21.6 Å². The summed E-state index contributed by atoms with van der Waals surface area (Å²) in [5, 5.41) is 3.79. The van der Waals surface area contributed by atoms with Gasteiger partial charge in [0, 0.05) is 23.3 Å². The molecule has 0 aromatic heterocycles. The van der Waals surface area contributed by atoms with Gasteiger partial charge in [0.25, 0.3) is 0 Å². The summed E-state index contributed by atoms with van der Waals surface area (Å²) >= 11 is 1.76. The fourth-order valence-corrected chi connectivity index (χ4v) is 5.08. The molecule has 1 aromatic carbocycles. The van der Waals surface area contributed by atoms with Gasteiger partial charge in [-0.3, -0.25) is 0 Å². The monoisotopic (exact) mass is 285 g/mol. The van der Waals surface area contributed by atoms with E-state index in [1.807, 2.05) is 7.05 Å². The van der Waals surface area contributed by atoms with Gasteiger partial charge in [-0.2, -0.15) is 11.8 Å². The second kappa shape index (κ2) is 5.63. The van der Waals surface area contributed by atoms with Crippen LogP contribution in [0.5, 0.6) is 0 Å². The number of hydrogen-bond donors (Lipinski definition) is 1. The van der Waals surface area contributed by atoms with E-state index in [2.05, 4.69) is 29.6 Å². The van der Waals surface area contributed by atoms with Crippen molar-refractivity contribution in [2.24, 2.45) is 0 Å². The summed E-state index contributed by atoms with van der Waals surface area (Å²) in [6.07, 6.45) is 2.32. The van der Waals surface area contributed by atoms with Gasteiger partial charge in [-0.05, 0) is 24.6 Å².